The molecule has 2 aromatic carbocycles. The van der Waals surface area contributed by atoms with Gasteiger partial charge >= 0.3 is 0 Å². The van der Waals surface area contributed by atoms with E-state index in [-0.39, 0.29) is 0 Å². The Morgan fingerprint density at radius 3 is 2.35 bits per heavy atom. The fraction of sp³-hybridized carbons (Fsp3) is 0. The van der Waals surface area contributed by atoms with Crippen molar-refractivity contribution in [2.45, 2.75) is 0 Å². The minimum atomic E-state index is 0.674. The van der Waals surface area contributed by atoms with Crippen LogP contribution in [0, 0.1) is 0 Å². The minimum Gasteiger partial charge on any atom is -0.301 e. The molecule has 0 aliphatic heterocycles. The molecule has 0 saturated carbocycles. The third-order valence-electron chi connectivity index (χ3n) is 2.89. The number of nitrogens with one attached hydrogen (secondary N) is 2. The van der Waals surface area contributed by atoms with Crippen LogP contribution in [-0.4, -0.2) is 4.98 Å². The number of halogens is 2. The molecule has 5 heteroatoms. The van der Waals surface area contributed by atoms with Gasteiger partial charge in [0.05, 0.1) is 16.9 Å². The number of fused-ring (bicyclic) bond motifs is 1. The maximum absolute atomic E-state index is 5.97. The summed E-state index contributed by atoms with van der Waals surface area (Å²) in [7, 11) is 0. The summed E-state index contributed by atoms with van der Waals surface area (Å²) < 4.78 is 0. The van der Waals surface area contributed by atoms with Crippen LogP contribution >= 0.6 is 23.2 Å². The number of benzene rings is 2. The highest BCUT2D eigenvalue weighted by Gasteiger charge is 2.02. The van der Waals surface area contributed by atoms with E-state index >= 15 is 0 Å². The van der Waals surface area contributed by atoms with E-state index in [1.54, 1.807) is 6.20 Å². The van der Waals surface area contributed by atoms with Crippen LogP contribution in [0.3, 0.4) is 0 Å². The summed E-state index contributed by atoms with van der Waals surface area (Å²) in [6, 6.07) is 15.0. The summed E-state index contributed by atoms with van der Waals surface area (Å²) in [5.74, 6) is 0. The lowest BCUT2D eigenvalue weighted by molar-refractivity contribution is 1.37. The van der Waals surface area contributed by atoms with Crippen LogP contribution in [0.25, 0.3) is 10.9 Å². The van der Waals surface area contributed by atoms with E-state index in [4.69, 9.17) is 23.2 Å². The first-order valence-electron chi connectivity index (χ1n) is 6.04. The number of hydrogen-bond donors (Lipinski definition) is 2. The third kappa shape index (κ3) is 2.79. The molecule has 0 amide bonds. The largest absolute Gasteiger partial charge is 0.301 e. The molecule has 0 unspecified atom stereocenters. The van der Waals surface area contributed by atoms with Crippen molar-refractivity contribution in [2.24, 2.45) is 0 Å². The summed E-state index contributed by atoms with van der Waals surface area (Å²) in [4.78, 5) is 4.30. The molecule has 3 aromatic rings. The fourth-order valence-corrected chi connectivity index (χ4v) is 2.20. The molecule has 20 heavy (non-hydrogen) atoms. The molecule has 0 bridgehead atoms. The number of anilines is 2. The first-order chi connectivity index (χ1) is 9.72. The van der Waals surface area contributed by atoms with Gasteiger partial charge in [-0.2, -0.15) is 0 Å². The van der Waals surface area contributed by atoms with Crippen LogP contribution in [-0.2, 0) is 0 Å². The first kappa shape index (κ1) is 13.0. The van der Waals surface area contributed by atoms with Gasteiger partial charge in [0.15, 0.2) is 0 Å². The monoisotopic (exact) mass is 303 g/mol. The van der Waals surface area contributed by atoms with Crippen LogP contribution in [0.4, 0.5) is 11.4 Å². The van der Waals surface area contributed by atoms with Gasteiger partial charge < -0.3 is 10.9 Å². The highest BCUT2D eigenvalue weighted by atomic mass is 35.5. The molecule has 0 aliphatic carbocycles. The van der Waals surface area contributed by atoms with Crippen LogP contribution in [0.15, 0.2) is 54.7 Å². The normalized spacial score (nSPS) is 10.5. The van der Waals surface area contributed by atoms with E-state index in [0.29, 0.717) is 10.0 Å². The molecule has 1 heterocycles. The van der Waals surface area contributed by atoms with Gasteiger partial charge in [0, 0.05) is 21.6 Å². The van der Waals surface area contributed by atoms with Gasteiger partial charge in [0.1, 0.15) is 0 Å². The topological polar surface area (TPSA) is 37.0 Å². The van der Waals surface area contributed by atoms with Crippen molar-refractivity contribution in [3.8, 4) is 0 Å². The second kappa shape index (κ2) is 5.57. The number of aromatic nitrogens is 1. The first-order valence-corrected chi connectivity index (χ1v) is 6.80. The second-order valence-corrected chi connectivity index (χ2v) is 5.15. The fourth-order valence-electron chi connectivity index (χ4n) is 1.90. The number of pyridine rings is 1. The van der Waals surface area contributed by atoms with E-state index in [0.717, 1.165) is 22.3 Å². The average Bonchev–Trinajstić information content (AvgIpc) is 2.46. The molecule has 0 aliphatic rings. The van der Waals surface area contributed by atoms with Crippen molar-refractivity contribution in [1.29, 1.82) is 0 Å². The number of nitrogens with zero attached hydrogens (tertiary/aromatic N) is 1. The molecular formula is C15H11Cl2N3. The zero-order chi connectivity index (χ0) is 13.9. The predicted molar refractivity (Wildman–Crippen MR) is 85.5 cm³/mol. The van der Waals surface area contributed by atoms with Crippen LogP contribution in [0.1, 0.15) is 0 Å². The molecular weight excluding hydrogens is 293 g/mol. The highest BCUT2D eigenvalue weighted by molar-refractivity contribution is 6.31. The molecule has 0 saturated heterocycles. The summed E-state index contributed by atoms with van der Waals surface area (Å²) in [6.45, 7) is 0. The Bertz CT molecular complexity index is 742. The van der Waals surface area contributed by atoms with Gasteiger partial charge in [-0.15, -0.1) is 0 Å². The van der Waals surface area contributed by atoms with Gasteiger partial charge in [-0.3, -0.25) is 4.98 Å². The smallest absolute Gasteiger partial charge is 0.0738 e. The van der Waals surface area contributed by atoms with Crippen LogP contribution in [0.5, 0.6) is 0 Å². The molecule has 0 fully saturated rings. The average molecular weight is 304 g/mol. The zero-order valence-corrected chi connectivity index (χ0v) is 11.9. The van der Waals surface area contributed by atoms with E-state index in [1.807, 2.05) is 48.5 Å². The Morgan fingerprint density at radius 2 is 1.55 bits per heavy atom. The van der Waals surface area contributed by atoms with E-state index in [9.17, 15) is 0 Å². The van der Waals surface area contributed by atoms with Crippen molar-refractivity contribution in [3.05, 3.63) is 64.8 Å². The van der Waals surface area contributed by atoms with Crippen molar-refractivity contribution >= 4 is 45.5 Å². The molecule has 0 atom stereocenters. The molecule has 0 spiro atoms. The lowest BCUT2D eigenvalue weighted by Crippen LogP contribution is -2.08. The summed E-state index contributed by atoms with van der Waals surface area (Å²) in [5, 5.41) is 2.38. The Hall–Kier alpha value is -1.97. The number of hydrazine groups is 1. The molecule has 2 N–H and O–H groups in total. The Kier molecular flexibility index (Phi) is 3.63. The predicted octanol–water partition coefficient (Wildman–Crippen LogP) is 4.98. The van der Waals surface area contributed by atoms with Crippen LogP contribution in [0.2, 0.25) is 10.0 Å². The molecule has 1 aromatic heterocycles. The van der Waals surface area contributed by atoms with Crippen molar-refractivity contribution in [3.63, 3.8) is 0 Å². The maximum atomic E-state index is 5.97. The van der Waals surface area contributed by atoms with Gasteiger partial charge in [-0.1, -0.05) is 23.2 Å². The van der Waals surface area contributed by atoms with E-state index in [2.05, 4.69) is 15.8 Å². The lowest BCUT2D eigenvalue weighted by Gasteiger charge is -2.12. The Balaban J connectivity index is 1.85. The summed E-state index contributed by atoms with van der Waals surface area (Å²) in [5.41, 5.74) is 9.00. The molecule has 100 valence electrons. The number of hydrogen-bond acceptors (Lipinski definition) is 3. The molecule has 0 radical (unpaired) electrons. The Labute approximate surface area is 126 Å². The van der Waals surface area contributed by atoms with Gasteiger partial charge in [0.2, 0.25) is 0 Å². The van der Waals surface area contributed by atoms with E-state index in [1.165, 1.54) is 0 Å². The molecule has 3 rings (SSSR count). The maximum Gasteiger partial charge on any atom is 0.0738 e. The van der Waals surface area contributed by atoms with Gasteiger partial charge in [-0.25, -0.2) is 0 Å². The van der Waals surface area contributed by atoms with Crippen molar-refractivity contribution in [1.82, 2.24) is 4.98 Å². The second-order valence-electron chi connectivity index (χ2n) is 4.28. The standard InChI is InChI=1S/C15H11Cl2N3/c16-10-1-4-12(5-2-10)19-20-14-7-8-18-15-9-11(17)3-6-13(14)15/h1-9,19H,(H,18,20). The highest BCUT2D eigenvalue weighted by Crippen LogP contribution is 2.24. The third-order valence-corrected chi connectivity index (χ3v) is 3.38. The summed E-state index contributed by atoms with van der Waals surface area (Å²) >= 11 is 11.8. The minimum absolute atomic E-state index is 0.674. The number of rotatable bonds is 3. The SMILES string of the molecule is Clc1ccc(NNc2ccnc3cc(Cl)ccc23)cc1. The molecule has 3 nitrogen and oxygen atoms in total. The summed E-state index contributed by atoms with van der Waals surface area (Å²) in [6.07, 6.45) is 1.74. The van der Waals surface area contributed by atoms with Gasteiger partial charge in [0.25, 0.3) is 0 Å². The van der Waals surface area contributed by atoms with Crippen molar-refractivity contribution in [2.75, 3.05) is 10.9 Å². The van der Waals surface area contributed by atoms with Crippen LogP contribution < -0.4 is 10.9 Å². The lowest BCUT2D eigenvalue weighted by atomic mass is 10.2. The van der Waals surface area contributed by atoms with Crippen molar-refractivity contribution < 1.29 is 0 Å². The Morgan fingerprint density at radius 1 is 0.800 bits per heavy atom. The zero-order valence-electron chi connectivity index (χ0n) is 10.4. The van der Waals surface area contributed by atoms with E-state index < -0.39 is 0 Å². The quantitative estimate of drug-likeness (QED) is 0.670. The van der Waals surface area contributed by atoms with Gasteiger partial charge in [-0.05, 0) is 48.5 Å².